The lowest BCUT2D eigenvalue weighted by molar-refractivity contribution is -0.120. The molecule has 1 amide bonds. The first kappa shape index (κ1) is 13.6. The van der Waals surface area contributed by atoms with E-state index in [9.17, 15) is 4.79 Å². The summed E-state index contributed by atoms with van der Waals surface area (Å²) in [4.78, 5) is 18.8. The third kappa shape index (κ3) is 3.82. The van der Waals surface area contributed by atoms with Crippen molar-refractivity contribution in [3.05, 3.63) is 46.5 Å². The van der Waals surface area contributed by atoms with Gasteiger partial charge in [-0.25, -0.2) is 4.98 Å². The fourth-order valence-electron chi connectivity index (χ4n) is 1.63. The van der Waals surface area contributed by atoms with Crippen molar-refractivity contribution in [2.75, 3.05) is 7.11 Å². The van der Waals surface area contributed by atoms with Crippen molar-refractivity contribution in [3.63, 3.8) is 0 Å². The molecule has 6 heteroatoms. The first-order valence-electron chi connectivity index (χ1n) is 5.76. The van der Waals surface area contributed by atoms with Gasteiger partial charge in [-0.1, -0.05) is 15.9 Å². The molecule has 19 heavy (non-hydrogen) atoms. The Hall–Kier alpha value is -1.82. The number of nitrogens with zero attached hydrogens (tertiary/aromatic N) is 1. The van der Waals surface area contributed by atoms with Gasteiger partial charge in [-0.3, -0.25) is 4.79 Å². The van der Waals surface area contributed by atoms with Gasteiger partial charge in [0.2, 0.25) is 5.91 Å². The van der Waals surface area contributed by atoms with Gasteiger partial charge in [-0.2, -0.15) is 0 Å². The second kappa shape index (κ2) is 6.38. The van der Waals surface area contributed by atoms with Crippen molar-refractivity contribution >= 4 is 21.8 Å². The van der Waals surface area contributed by atoms with E-state index >= 15 is 0 Å². The topological polar surface area (TPSA) is 67.0 Å². The Labute approximate surface area is 119 Å². The second-order valence-corrected chi connectivity index (χ2v) is 4.80. The molecule has 0 saturated heterocycles. The quantitative estimate of drug-likeness (QED) is 0.884. The Balaban J connectivity index is 1.94. The number of H-pyrrole nitrogens is 1. The van der Waals surface area contributed by atoms with Crippen LogP contribution in [0.4, 0.5) is 0 Å². The standard InChI is InChI=1S/C13H14BrN3O2/c1-19-10-2-3-11(14)9(6-10)7-13(18)17-8-12-15-4-5-16-12/h2-6H,7-8H2,1H3,(H,15,16)(H,17,18). The monoisotopic (exact) mass is 323 g/mol. The average molecular weight is 324 g/mol. The maximum absolute atomic E-state index is 11.8. The van der Waals surface area contributed by atoms with Crippen LogP contribution in [0.15, 0.2) is 35.1 Å². The minimum Gasteiger partial charge on any atom is -0.497 e. The second-order valence-electron chi connectivity index (χ2n) is 3.95. The number of benzene rings is 1. The molecule has 1 aromatic heterocycles. The van der Waals surface area contributed by atoms with Crippen molar-refractivity contribution in [3.8, 4) is 5.75 Å². The molecule has 0 aliphatic rings. The van der Waals surface area contributed by atoms with Gasteiger partial charge < -0.3 is 15.0 Å². The molecular weight excluding hydrogens is 310 g/mol. The van der Waals surface area contributed by atoms with Crippen LogP contribution in [0.5, 0.6) is 5.75 Å². The third-order valence-corrected chi connectivity index (χ3v) is 3.39. The van der Waals surface area contributed by atoms with Crippen LogP contribution in [0.25, 0.3) is 0 Å². The Morgan fingerprint density at radius 3 is 3.05 bits per heavy atom. The molecule has 0 spiro atoms. The predicted molar refractivity (Wildman–Crippen MR) is 74.8 cm³/mol. The van der Waals surface area contributed by atoms with Gasteiger partial charge in [0.05, 0.1) is 20.1 Å². The number of carbonyl (C=O) groups is 1. The third-order valence-electron chi connectivity index (χ3n) is 2.61. The number of hydrogen-bond donors (Lipinski definition) is 2. The van der Waals surface area contributed by atoms with Crippen LogP contribution in [-0.4, -0.2) is 23.0 Å². The molecule has 0 radical (unpaired) electrons. The summed E-state index contributed by atoms with van der Waals surface area (Å²) in [5.41, 5.74) is 0.885. The number of nitrogens with one attached hydrogen (secondary N) is 2. The molecule has 100 valence electrons. The molecule has 0 unspecified atom stereocenters. The van der Waals surface area contributed by atoms with Crippen LogP contribution >= 0.6 is 15.9 Å². The molecule has 2 rings (SSSR count). The molecule has 0 aliphatic heterocycles. The van der Waals surface area contributed by atoms with Gasteiger partial charge in [-0.15, -0.1) is 0 Å². The summed E-state index contributed by atoms with van der Waals surface area (Å²) in [6.45, 7) is 0.396. The molecule has 1 heterocycles. The molecular formula is C13H14BrN3O2. The Morgan fingerprint density at radius 2 is 2.37 bits per heavy atom. The smallest absolute Gasteiger partial charge is 0.224 e. The Bertz CT molecular complexity index is 555. The van der Waals surface area contributed by atoms with Crippen LogP contribution in [0.2, 0.25) is 0 Å². The fraction of sp³-hybridized carbons (Fsp3) is 0.231. The number of methoxy groups -OCH3 is 1. The number of carbonyl (C=O) groups excluding carboxylic acids is 1. The van der Waals surface area contributed by atoms with Crippen molar-refractivity contribution in [1.82, 2.24) is 15.3 Å². The number of halogens is 1. The molecule has 5 nitrogen and oxygen atoms in total. The number of rotatable bonds is 5. The van der Waals surface area contributed by atoms with Gasteiger partial charge in [0, 0.05) is 16.9 Å². The van der Waals surface area contributed by atoms with Gasteiger partial charge in [0.1, 0.15) is 11.6 Å². The van der Waals surface area contributed by atoms with E-state index in [-0.39, 0.29) is 5.91 Å². The Kier molecular flexibility index (Phi) is 4.57. The van der Waals surface area contributed by atoms with Crippen molar-refractivity contribution in [2.24, 2.45) is 0 Å². The van der Waals surface area contributed by atoms with E-state index < -0.39 is 0 Å². The van der Waals surface area contributed by atoms with E-state index in [1.54, 1.807) is 19.5 Å². The maximum atomic E-state index is 11.8. The van der Waals surface area contributed by atoms with Gasteiger partial charge in [0.25, 0.3) is 0 Å². The summed E-state index contributed by atoms with van der Waals surface area (Å²) in [5, 5.41) is 2.80. The number of ether oxygens (including phenoxy) is 1. The Morgan fingerprint density at radius 1 is 1.53 bits per heavy atom. The van der Waals surface area contributed by atoms with Gasteiger partial charge >= 0.3 is 0 Å². The summed E-state index contributed by atoms with van der Waals surface area (Å²) in [6, 6.07) is 5.55. The van der Waals surface area contributed by atoms with Crippen LogP contribution in [0, 0.1) is 0 Å². The largest absolute Gasteiger partial charge is 0.497 e. The predicted octanol–water partition coefficient (Wildman–Crippen LogP) is 2.04. The number of hydrogen-bond acceptors (Lipinski definition) is 3. The molecule has 2 aromatic rings. The zero-order chi connectivity index (χ0) is 13.7. The minimum absolute atomic E-state index is 0.0645. The summed E-state index contributed by atoms with van der Waals surface area (Å²) < 4.78 is 6.03. The summed E-state index contributed by atoms with van der Waals surface area (Å²) in [7, 11) is 1.60. The normalized spacial score (nSPS) is 10.2. The van der Waals surface area contributed by atoms with Gasteiger partial charge in [0.15, 0.2) is 0 Å². The van der Waals surface area contributed by atoms with E-state index in [0.717, 1.165) is 21.6 Å². The zero-order valence-electron chi connectivity index (χ0n) is 10.4. The molecule has 1 aromatic carbocycles. The number of imidazole rings is 1. The lowest BCUT2D eigenvalue weighted by Crippen LogP contribution is -2.25. The van der Waals surface area contributed by atoms with Crippen molar-refractivity contribution in [1.29, 1.82) is 0 Å². The maximum Gasteiger partial charge on any atom is 0.224 e. The number of amides is 1. The van der Waals surface area contributed by atoms with Crippen molar-refractivity contribution < 1.29 is 9.53 Å². The molecule has 0 bridgehead atoms. The minimum atomic E-state index is -0.0645. The highest BCUT2D eigenvalue weighted by Crippen LogP contribution is 2.22. The van der Waals surface area contributed by atoms with Crippen LogP contribution in [-0.2, 0) is 17.8 Å². The summed E-state index contributed by atoms with van der Waals surface area (Å²) in [5.74, 6) is 1.40. The fourth-order valence-corrected chi connectivity index (χ4v) is 2.01. The van der Waals surface area contributed by atoms with E-state index in [4.69, 9.17) is 4.74 Å². The van der Waals surface area contributed by atoms with Crippen LogP contribution in [0.3, 0.4) is 0 Å². The molecule has 0 aliphatic carbocycles. The molecule has 0 saturated carbocycles. The summed E-state index contributed by atoms with van der Waals surface area (Å²) >= 11 is 3.42. The number of aromatic amines is 1. The SMILES string of the molecule is COc1ccc(Br)c(CC(=O)NCc2ncc[nH]2)c1. The lowest BCUT2D eigenvalue weighted by Gasteiger charge is -2.07. The van der Waals surface area contributed by atoms with Crippen LogP contribution in [0.1, 0.15) is 11.4 Å². The highest BCUT2D eigenvalue weighted by atomic mass is 79.9. The average Bonchev–Trinajstić information content (AvgIpc) is 2.92. The van der Waals surface area contributed by atoms with E-state index in [1.165, 1.54) is 0 Å². The highest BCUT2D eigenvalue weighted by Gasteiger charge is 2.08. The molecule has 0 atom stereocenters. The van der Waals surface area contributed by atoms with E-state index in [1.807, 2.05) is 18.2 Å². The first-order valence-corrected chi connectivity index (χ1v) is 6.55. The lowest BCUT2D eigenvalue weighted by atomic mass is 10.1. The highest BCUT2D eigenvalue weighted by molar-refractivity contribution is 9.10. The zero-order valence-corrected chi connectivity index (χ0v) is 12.0. The van der Waals surface area contributed by atoms with Crippen molar-refractivity contribution in [2.45, 2.75) is 13.0 Å². The summed E-state index contributed by atoms with van der Waals surface area (Å²) in [6.07, 6.45) is 3.67. The first-order chi connectivity index (χ1) is 9.19. The van der Waals surface area contributed by atoms with Crippen LogP contribution < -0.4 is 10.1 Å². The molecule has 0 fully saturated rings. The van der Waals surface area contributed by atoms with E-state index in [2.05, 4.69) is 31.2 Å². The molecule has 2 N–H and O–H groups in total. The van der Waals surface area contributed by atoms with E-state index in [0.29, 0.717) is 13.0 Å². The number of aromatic nitrogens is 2. The van der Waals surface area contributed by atoms with Gasteiger partial charge in [-0.05, 0) is 23.8 Å².